The third kappa shape index (κ3) is 7.93. The standard InChI is InChI=1S/C20H36N6O2/c21-8-2-12-25(13-3-9-22)19(27)17-6-1-7-18(16-17)20(28)26(14-4-10-23)15-5-11-24/h1,6-7,16H,2-5,8-15,21-24H2. The van der Waals surface area contributed by atoms with E-state index in [1.807, 2.05) is 0 Å². The van der Waals surface area contributed by atoms with Gasteiger partial charge in [0.15, 0.2) is 0 Å². The zero-order valence-corrected chi connectivity index (χ0v) is 16.8. The van der Waals surface area contributed by atoms with Crippen LogP contribution in [0.5, 0.6) is 0 Å². The van der Waals surface area contributed by atoms with E-state index in [9.17, 15) is 9.59 Å². The van der Waals surface area contributed by atoms with Gasteiger partial charge in [-0.3, -0.25) is 9.59 Å². The molecule has 0 aromatic heterocycles. The van der Waals surface area contributed by atoms with Gasteiger partial charge in [0.05, 0.1) is 0 Å². The number of carbonyl (C=O) groups excluding carboxylic acids is 2. The first-order chi connectivity index (χ1) is 13.6. The summed E-state index contributed by atoms with van der Waals surface area (Å²) in [6.07, 6.45) is 2.89. The molecule has 28 heavy (non-hydrogen) atoms. The highest BCUT2D eigenvalue weighted by Gasteiger charge is 2.19. The molecular weight excluding hydrogens is 356 g/mol. The van der Waals surface area contributed by atoms with Crippen molar-refractivity contribution in [2.24, 2.45) is 22.9 Å². The highest BCUT2D eigenvalue weighted by molar-refractivity contribution is 5.99. The molecule has 0 saturated carbocycles. The van der Waals surface area contributed by atoms with Crippen LogP contribution in [0.4, 0.5) is 0 Å². The maximum Gasteiger partial charge on any atom is 0.253 e. The molecule has 2 amide bonds. The van der Waals surface area contributed by atoms with E-state index in [1.165, 1.54) is 0 Å². The maximum absolute atomic E-state index is 12.9. The molecule has 0 heterocycles. The van der Waals surface area contributed by atoms with E-state index in [4.69, 9.17) is 22.9 Å². The number of hydrogen-bond donors (Lipinski definition) is 4. The molecule has 0 unspecified atom stereocenters. The van der Waals surface area contributed by atoms with Crippen LogP contribution < -0.4 is 22.9 Å². The van der Waals surface area contributed by atoms with E-state index in [1.54, 1.807) is 34.1 Å². The fraction of sp³-hybridized carbons (Fsp3) is 0.600. The summed E-state index contributed by atoms with van der Waals surface area (Å²) in [4.78, 5) is 29.4. The molecule has 0 aliphatic carbocycles. The molecule has 0 radical (unpaired) electrons. The Kier molecular flexibility index (Phi) is 12.1. The Morgan fingerprint density at radius 3 is 1.25 bits per heavy atom. The number of nitrogens with zero attached hydrogens (tertiary/aromatic N) is 2. The summed E-state index contributed by atoms with van der Waals surface area (Å²) < 4.78 is 0. The van der Waals surface area contributed by atoms with Gasteiger partial charge in [-0.25, -0.2) is 0 Å². The number of carbonyl (C=O) groups is 2. The summed E-state index contributed by atoms with van der Waals surface area (Å²) in [7, 11) is 0. The van der Waals surface area contributed by atoms with E-state index in [-0.39, 0.29) is 11.8 Å². The predicted octanol–water partition coefficient (Wildman–Crippen LogP) is -0.0338. The lowest BCUT2D eigenvalue weighted by atomic mass is 10.1. The van der Waals surface area contributed by atoms with Gasteiger partial charge >= 0.3 is 0 Å². The summed E-state index contributed by atoms with van der Waals surface area (Å²) in [5.74, 6) is -0.209. The number of benzene rings is 1. The highest BCUT2D eigenvalue weighted by atomic mass is 16.2. The van der Waals surface area contributed by atoms with Crippen molar-refractivity contribution in [3.63, 3.8) is 0 Å². The molecule has 0 atom stereocenters. The van der Waals surface area contributed by atoms with Crippen molar-refractivity contribution in [3.05, 3.63) is 35.4 Å². The van der Waals surface area contributed by atoms with Crippen molar-refractivity contribution in [1.29, 1.82) is 0 Å². The molecule has 1 aromatic rings. The Balaban J connectivity index is 2.97. The molecule has 1 aromatic carbocycles. The van der Waals surface area contributed by atoms with E-state index in [0.29, 0.717) is 63.5 Å². The Bertz CT molecular complexity index is 533. The van der Waals surface area contributed by atoms with Crippen LogP contribution in [0.3, 0.4) is 0 Å². The fourth-order valence-corrected chi connectivity index (χ4v) is 2.91. The Morgan fingerprint density at radius 2 is 0.964 bits per heavy atom. The second kappa shape index (κ2) is 14.1. The third-order valence-electron chi connectivity index (χ3n) is 4.46. The zero-order chi connectivity index (χ0) is 20.8. The van der Waals surface area contributed by atoms with Gasteiger partial charge in [-0.05, 0) is 70.1 Å². The molecule has 8 heteroatoms. The van der Waals surface area contributed by atoms with Crippen molar-refractivity contribution in [2.45, 2.75) is 25.7 Å². The van der Waals surface area contributed by atoms with Crippen LogP contribution in [0.2, 0.25) is 0 Å². The highest BCUT2D eigenvalue weighted by Crippen LogP contribution is 2.13. The maximum atomic E-state index is 12.9. The average Bonchev–Trinajstić information content (AvgIpc) is 2.73. The summed E-state index contributed by atoms with van der Waals surface area (Å²) in [6, 6.07) is 6.89. The van der Waals surface area contributed by atoms with Crippen LogP contribution >= 0.6 is 0 Å². The largest absolute Gasteiger partial charge is 0.339 e. The van der Waals surface area contributed by atoms with Crippen LogP contribution in [0.15, 0.2) is 24.3 Å². The summed E-state index contributed by atoms with van der Waals surface area (Å²) >= 11 is 0. The van der Waals surface area contributed by atoms with Gasteiger partial charge in [0.2, 0.25) is 0 Å². The van der Waals surface area contributed by atoms with Gasteiger partial charge in [0.25, 0.3) is 11.8 Å². The molecule has 0 bridgehead atoms. The van der Waals surface area contributed by atoms with Gasteiger partial charge in [-0.1, -0.05) is 6.07 Å². The van der Waals surface area contributed by atoms with Crippen molar-refractivity contribution in [3.8, 4) is 0 Å². The number of hydrogen-bond acceptors (Lipinski definition) is 6. The second-order valence-electron chi connectivity index (χ2n) is 6.73. The van der Waals surface area contributed by atoms with Gasteiger partial charge in [0.1, 0.15) is 0 Å². The average molecular weight is 393 g/mol. The monoisotopic (exact) mass is 392 g/mol. The SMILES string of the molecule is NCCCN(CCCN)C(=O)c1cccc(C(=O)N(CCCN)CCCN)c1. The predicted molar refractivity (Wildman–Crippen MR) is 113 cm³/mol. The van der Waals surface area contributed by atoms with Gasteiger partial charge < -0.3 is 32.7 Å². The van der Waals surface area contributed by atoms with Gasteiger partial charge in [-0.2, -0.15) is 0 Å². The van der Waals surface area contributed by atoms with Crippen molar-refractivity contribution in [1.82, 2.24) is 9.80 Å². The first kappa shape index (κ1) is 24.0. The molecule has 1 rings (SSSR count). The minimum Gasteiger partial charge on any atom is -0.339 e. The van der Waals surface area contributed by atoms with Crippen LogP contribution in [0.1, 0.15) is 46.4 Å². The number of rotatable bonds is 14. The van der Waals surface area contributed by atoms with Crippen LogP contribution in [-0.4, -0.2) is 74.0 Å². The summed E-state index contributed by atoms with van der Waals surface area (Å²) in [5.41, 5.74) is 23.4. The third-order valence-corrected chi connectivity index (χ3v) is 4.46. The normalized spacial score (nSPS) is 10.7. The zero-order valence-electron chi connectivity index (χ0n) is 16.8. The van der Waals surface area contributed by atoms with E-state index in [2.05, 4.69) is 0 Å². The first-order valence-corrected chi connectivity index (χ1v) is 10.1. The molecule has 0 aliphatic heterocycles. The second-order valence-corrected chi connectivity index (χ2v) is 6.73. The Morgan fingerprint density at radius 1 is 0.643 bits per heavy atom. The minimum atomic E-state index is -0.105. The smallest absolute Gasteiger partial charge is 0.253 e. The van der Waals surface area contributed by atoms with E-state index in [0.717, 1.165) is 25.7 Å². The molecule has 0 aliphatic rings. The first-order valence-electron chi connectivity index (χ1n) is 10.1. The quantitative estimate of drug-likeness (QED) is 0.350. The lowest BCUT2D eigenvalue weighted by molar-refractivity contribution is 0.0752. The number of amides is 2. The lowest BCUT2D eigenvalue weighted by Crippen LogP contribution is -2.36. The molecule has 8 N–H and O–H groups in total. The van der Waals surface area contributed by atoms with Crippen LogP contribution in [-0.2, 0) is 0 Å². The minimum absolute atomic E-state index is 0.105. The molecule has 8 nitrogen and oxygen atoms in total. The number of nitrogens with two attached hydrogens (primary N) is 4. The molecule has 0 saturated heterocycles. The topological polar surface area (TPSA) is 145 Å². The lowest BCUT2D eigenvalue weighted by Gasteiger charge is -2.24. The molecule has 0 fully saturated rings. The van der Waals surface area contributed by atoms with Crippen LogP contribution in [0.25, 0.3) is 0 Å². The van der Waals surface area contributed by atoms with E-state index >= 15 is 0 Å². The van der Waals surface area contributed by atoms with Crippen molar-refractivity contribution < 1.29 is 9.59 Å². The van der Waals surface area contributed by atoms with Gasteiger partial charge in [-0.15, -0.1) is 0 Å². The van der Waals surface area contributed by atoms with Crippen molar-refractivity contribution >= 4 is 11.8 Å². The van der Waals surface area contributed by atoms with Crippen LogP contribution in [0, 0.1) is 0 Å². The fourth-order valence-electron chi connectivity index (χ4n) is 2.91. The Labute approximate surface area is 168 Å². The van der Waals surface area contributed by atoms with Gasteiger partial charge in [0, 0.05) is 37.3 Å². The van der Waals surface area contributed by atoms with E-state index < -0.39 is 0 Å². The van der Waals surface area contributed by atoms with Crippen molar-refractivity contribution in [2.75, 3.05) is 52.4 Å². The molecule has 0 spiro atoms. The summed E-state index contributed by atoms with van der Waals surface area (Å²) in [6.45, 7) is 4.37. The summed E-state index contributed by atoms with van der Waals surface area (Å²) in [5, 5.41) is 0. The Hall–Kier alpha value is -2.00. The molecule has 158 valence electrons. The molecular formula is C20H36N6O2.